The van der Waals surface area contributed by atoms with E-state index in [1.165, 1.54) is 19.2 Å². The fourth-order valence-corrected chi connectivity index (χ4v) is 5.88. The van der Waals surface area contributed by atoms with Crippen molar-refractivity contribution < 1.29 is 26.4 Å². The summed E-state index contributed by atoms with van der Waals surface area (Å²) >= 11 is 3.12. The molecule has 1 aromatic carbocycles. The summed E-state index contributed by atoms with van der Waals surface area (Å²) in [5, 5.41) is 0. The fourth-order valence-electron chi connectivity index (χ4n) is 2.75. The van der Waals surface area contributed by atoms with E-state index in [9.17, 15) is 21.6 Å². The number of ether oxygens (including phenoxy) is 1. The van der Waals surface area contributed by atoms with Gasteiger partial charge in [-0.25, -0.2) is 16.8 Å². The lowest BCUT2D eigenvalue weighted by Crippen LogP contribution is -2.53. The fraction of sp³-hybridized carbons (Fsp3) is 0.500. The second kappa shape index (κ2) is 6.74. The van der Waals surface area contributed by atoms with Crippen LogP contribution in [0.2, 0.25) is 0 Å². The minimum Gasteiger partial charge on any atom is -0.468 e. The zero-order valence-electron chi connectivity index (χ0n) is 13.2. The molecule has 10 heteroatoms. The average molecular weight is 440 g/mol. The summed E-state index contributed by atoms with van der Waals surface area (Å²) in [6.45, 7) is 0. The van der Waals surface area contributed by atoms with Gasteiger partial charge in [0.05, 0.1) is 16.9 Å². The third kappa shape index (κ3) is 3.81. The van der Waals surface area contributed by atoms with Gasteiger partial charge in [-0.05, 0) is 47.0 Å². The van der Waals surface area contributed by atoms with Crippen LogP contribution in [0.25, 0.3) is 0 Å². The van der Waals surface area contributed by atoms with Gasteiger partial charge in [0.15, 0.2) is 9.84 Å². The number of methoxy groups -OCH3 is 1. The van der Waals surface area contributed by atoms with Crippen molar-refractivity contribution in [2.45, 2.75) is 41.0 Å². The molecular formula is C14H18BrNO6S2. The number of rotatable bonds is 5. The number of sulfone groups is 1. The van der Waals surface area contributed by atoms with Gasteiger partial charge in [-0.15, -0.1) is 0 Å². The molecule has 1 aliphatic rings. The summed E-state index contributed by atoms with van der Waals surface area (Å²) in [4.78, 5) is 11.7. The molecular weight excluding hydrogens is 422 g/mol. The summed E-state index contributed by atoms with van der Waals surface area (Å²) in [5.74, 6) is -0.640. The molecule has 0 heterocycles. The van der Waals surface area contributed by atoms with Gasteiger partial charge >= 0.3 is 5.97 Å². The molecule has 0 bridgehead atoms. The van der Waals surface area contributed by atoms with Crippen LogP contribution in [0.5, 0.6) is 0 Å². The highest BCUT2D eigenvalue weighted by molar-refractivity contribution is 9.10. The van der Waals surface area contributed by atoms with E-state index in [4.69, 9.17) is 4.74 Å². The third-order valence-corrected chi connectivity index (χ3v) is 7.62. The van der Waals surface area contributed by atoms with Gasteiger partial charge in [-0.1, -0.05) is 12.8 Å². The molecule has 0 amide bonds. The Kier molecular flexibility index (Phi) is 5.43. The van der Waals surface area contributed by atoms with Crippen molar-refractivity contribution in [2.75, 3.05) is 13.4 Å². The molecule has 0 aromatic heterocycles. The van der Waals surface area contributed by atoms with Crippen molar-refractivity contribution in [2.24, 2.45) is 0 Å². The van der Waals surface area contributed by atoms with Crippen LogP contribution >= 0.6 is 15.9 Å². The number of carbonyl (C=O) groups excluding carboxylic acids is 1. The number of carbonyl (C=O) groups is 1. The van der Waals surface area contributed by atoms with Crippen LogP contribution in [0.1, 0.15) is 25.7 Å². The van der Waals surface area contributed by atoms with Crippen molar-refractivity contribution >= 4 is 41.8 Å². The zero-order valence-corrected chi connectivity index (χ0v) is 16.4. The van der Waals surface area contributed by atoms with E-state index < -0.39 is 31.4 Å². The molecule has 7 nitrogen and oxygen atoms in total. The summed E-state index contributed by atoms with van der Waals surface area (Å²) in [6.07, 6.45) is 3.06. The Balaban J connectivity index is 2.49. The quantitative estimate of drug-likeness (QED) is 0.698. The van der Waals surface area contributed by atoms with Crippen molar-refractivity contribution in [3.63, 3.8) is 0 Å². The first-order valence-corrected chi connectivity index (χ1v) is 11.3. The van der Waals surface area contributed by atoms with E-state index in [-0.39, 0.29) is 14.3 Å². The number of esters is 1. The van der Waals surface area contributed by atoms with Gasteiger partial charge in [-0.3, -0.25) is 4.79 Å². The maximum Gasteiger partial charge on any atom is 0.327 e. The van der Waals surface area contributed by atoms with E-state index >= 15 is 0 Å². The van der Waals surface area contributed by atoms with Gasteiger partial charge in [0.1, 0.15) is 5.54 Å². The lowest BCUT2D eigenvalue weighted by molar-refractivity contribution is -0.147. The maximum atomic E-state index is 12.8. The molecule has 1 aliphatic carbocycles. The predicted octanol–water partition coefficient (Wildman–Crippen LogP) is 1.62. The molecule has 0 atom stereocenters. The van der Waals surface area contributed by atoms with Crippen molar-refractivity contribution in [3.8, 4) is 0 Å². The maximum absolute atomic E-state index is 12.8. The Morgan fingerprint density at radius 1 is 1.21 bits per heavy atom. The number of nitrogens with one attached hydrogen (secondary N) is 1. The molecule has 0 saturated heterocycles. The molecule has 0 aliphatic heterocycles. The number of hydrogen-bond donors (Lipinski definition) is 1. The Hall–Kier alpha value is -0.970. The second-order valence-corrected chi connectivity index (χ2v) is 10.3. The second-order valence-electron chi connectivity index (χ2n) is 5.75. The Labute approximate surface area is 149 Å². The van der Waals surface area contributed by atoms with E-state index in [0.29, 0.717) is 25.7 Å². The van der Waals surface area contributed by atoms with Gasteiger partial charge in [-0.2, -0.15) is 4.72 Å². The Bertz CT molecular complexity index is 857. The first kappa shape index (κ1) is 19.4. The zero-order chi connectivity index (χ0) is 18.2. The largest absolute Gasteiger partial charge is 0.468 e. The lowest BCUT2D eigenvalue weighted by atomic mass is 10.00. The van der Waals surface area contributed by atoms with Gasteiger partial charge in [0, 0.05) is 10.7 Å². The minimum atomic E-state index is -4.13. The number of benzene rings is 1. The predicted molar refractivity (Wildman–Crippen MR) is 90.8 cm³/mol. The van der Waals surface area contributed by atoms with E-state index in [1.54, 1.807) is 0 Å². The SMILES string of the molecule is COC(=O)C1(NS(=O)(=O)c2cc(S(C)(=O)=O)ccc2Br)CCCC1. The molecule has 1 aromatic rings. The van der Waals surface area contributed by atoms with Crippen molar-refractivity contribution in [1.29, 1.82) is 0 Å². The van der Waals surface area contributed by atoms with Crippen molar-refractivity contribution in [1.82, 2.24) is 4.72 Å². The van der Waals surface area contributed by atoms with Gasteiger partial charge in [0.2, 0.25) is 10.0 Å². The monoisotopic (exact) mass is 439 g/mol. The molecule has 0 radical (unpaired) electrons. The van der Waals surface area contributed by atoms with E-state index in [2.05, 4.69) is 20.7 Å². The van der Waals surface area contributed by atoms with Gasteiger partial charge in [0.25, 0.3) is 0 Å². The first-order valence-electron chi connectivity index (χ1n) is 7.14. The molecule has 2 rings (SSSR count). The Morgan fingerprint density at radius 3 is 2.29 bits per heavy atom. The van der Waals surface area contributed by atoms with Crippen LogP contribution in [0.15, 0.2) is 32.5 Å². The molecule has 134 valence electrons. The first-order chi connectivity index (χ1) is 11.0. The van der Waals surface area contributed by atoms with E-state index in [1.807, 2.05) is 0 Å². The van der Waals surface area contributed by atoms with Crippen LogP contribution in [0.4, 0.5) is 0 Å². The molecule has 24 heavy (non-hydrogen) atoms. The average Bonchev–Trinajstić information content (AvgIpc) is 2.94. The topological polar surface area (TPSA) is 107 Å². The number of halogens is 1. The molecule has 1 fully saturated rings. The summed E-state index contributed by atoms with van der Waals surface area (Å²) in [7, 11) is -6.50. The summed E-state index contributed by atoms with van der Waals surface area (Å²) in [6, 6.07) is 3.73. The highest BCUT2D eigenvalue weighted by Gasteiger charge is 2.46. The smallest absolute Gasteiger partial charge is 0.327 e. The number of hydrogen-bond acceptors (Lipinski definition) is 6. The molecule has 1 N–H and O–H groups in total. The minimum absolute atomic E-state index is 0.121. The lowest BCUT2D eigenvalue weighted by Gasteiger charge is -2.27. The third-order valence-electron chi connectivity index (χ3n) is 3.98. The van der Waals surface area contributed by atoms with Crippen LogP contribution in [0.3, 0.4) is 0 Å². The molecule has 0 spiro atoms. The molecule has 1 saturated carbocycles. The standard InChI is InChI=1S/C14H18BrNO6S2/c1-22-13(17)14(7-3-4-8-14)16-24(20,21)12-9-10(23(2,18)19)5-6-11(12)15/h5-6,9,16H,3-4,7-8H2,1-2H3. The van der Waals surface area contributed by atoms with Gasteiger partial charge < -0.3 is 4.74 Å². The summed E-state index contributed by atoms with van der Waals surface area (Å²) < 4.78 is 56.3. The normalized spacial score (nSPS) is 17.6. The van der Waals surface area contributed by atoms with Crippen LogP contribution in [0, 0.1) is 0 Å². The van der Waals surface area contributed by atoms with Crippen LogP contribution < -0.4 is 4.72 Å². The van der Waals surface area contributed by atoms with Crippen molar-refractivity contribution in [3.05, 3.63) is 22.7 Å². The Morgan fingerprint density at radius 2 is 1.79 bits per heavy atom. The summed E-state index contributed by atoms with van der Waals surface area (Å²) in [5.41, 5.74) is -1.31. The molecule has 0 unspecified atom stereocenters. The highest BCUT2D eigenvalue weighted by atomic mass is 79.9. The highest BCUT2D eigenvalue weighted by Crippen LogP contribution is 2.34. The van der Waals surface area contributed by atoms with E-state index in [0.717, 1.165) is 12.3 Å². The number of sulfonamides is 1. The van der Waals surface area contributed by atoms with Crippen LogP contribution in [-0.2, 0) is 29.4 Å². The van der Waals surface area contributed by atoms with Crippen LogP contribution in [-0.4, -0.2) is 41.7 Å².